The summed E-state index contributed by atoms with van der Waals surface area (Å²) < 4.78 is 1.80. The van der Waals surface area contributed by atoms with E-state index in [9.17, 15) is 4.79 Å². The molecule has 1 N–H and O–H groups in total. The molecule has 2 heterocycles. The Kier molecular flexibility index (Phi) is 5.10. The zero-order valence-corrected chi connectivity index (χ0v) is 16.3. The van der Waals surface area contributed by atoms with Gasteiger partial charge < -0.3 is 10.2 Å². The molecule has 1 aliphatic heterocycles. The fraction of sp³-hybridized carbons (Fsp3) is 0.318. The predicted molar refractivity (Wildman–Crippen MR) is 110 cm³/mol. The number of amides is 1. The number of piperidine rings is 1. The topological polar surface area (TPSA) is 63.1 Å². The van der Waals surface area contributed by atoms with Crippen molar-refractivity contribution < 1.29 is 4.79 Å². The van der Waals surface area contributed by atoms with Crippen molar-refractivity contribution in [1.82, 2.24) is 19.7 Å². The molecule has 144 valence electrons. The van der Waals surface area contributed by atoms with Gasteiger partial charge in [0.1, 0.15) is 12.7 Å². The molecular formula is C22H25N5O. The van der Waals surface area contributed by atoms with Gasteiger partial charge in [-0.05, 0) is 68.1 Å². The van der Waals surface area contributed by atoms with Gasteiger partial charge in [-0.3, -0.25) is 9.36 Å². The van der Waals surface area contributed by atoms with E-state index in [1.165, 1.54) is 11.1 Å². The maximum Gasteiger partial charge on any atom is 0.253 e. The van der Waals surface area contributed by atoms with Crippen molar-refractivity contribution in [2.24, 2.45) is 0 Å². The number of anilines is 1. The molecule has 0 bridgehead atoms. The van der Waals surface area contributed by atoms with Crippen molar-refractivity contribution in [3.05, 3.63) is 71.8 Å². The molecule has 3 aromatic rings. The van der Waals surface area contributed by atoms with Crippen molar-refractivity contribution in [2.75, 3.05) is 18.4 Å². The number of aryl methyl sites for hydroxylation is 2. The molecule has 2 aromatic carbocycles. The van der Waals surface area contributed by atoms with Gasteiger partial charge in [0.2, 0.25) is 0 Å². The van der Waals surface area contributed by atoms with Crippen LogP contribution in [-0.4, -0.2) is 44.7 Å². The molecule has 6 nitrogen and oxygen atoms in total. The van der Waals surface area contributed by atoms with Gasteiger partial charge in [0, 0.05) is 36.1 Å². The second-order valence-corrected chi connectivity index (χ2v) is 7.45. The van der Waals surface area contributed by atoms with Crippen LogP contribution in [0.5, 0.6) is 0 Å². The van der Waals surface area contributed by atoms with Crippen LogP contribution < -0.4 is 5.32 Å². The lowest BCUT2D eigenvalue weighted by molar-refractivity contribution is 0.0715. The highest BCUT2D eigenvalue weighted by Crippen LogP contribution is 2.21. The van der Waals surface area contributed by atoms with Crippen molar-refractivity contribution in [1.29, 1.82) is 0 Å². The summed E-state index contributed by atoms with van der Waals surface area (Å²) in [6.45, 7) is 5.75. The number of nitrogens with zero attached hydrogens (tertiary/aromatic N) is 4. The van der Waals surface area contributed by atoms with Crippen LogP contribution in [0, 0.1) is 13.8 Å². The van der Waals surface area contributed by atoms with Crippen LogP contribution in [0.3, 0.4) is 0 Å². The Balaban J connectivity index is 1.46. The number of aromatic nitrogens is 3. The van der Waals surface area contributed by atoms with Gasteiger partial charge in [0.25, 0.3) is 5.91 Å². The Bertz CT molecular complexity index is 967. The lowest BCUT2D eigenvalue weighted by atomic mass is 10.0. The maximum atomic E-state index is 13.1. The summed E-state index contributed by atoms with van der Waals surface area (Å²) in [7, 11) is 0. The highest BCUT2D eigenvalue weighted by atomic mass is 16.2. The standard InChI is InChI=1S/C22H25N5O/c1-16-8-9-19(11-17(16)2)25-20-6-4-10-26(13-20)22(28)18-5-3-7-21(12-18)27-14-23-24-15-27/h3,5,7-9,11-12,14-15,20,25H,4,6,10,13H2,1-2H3/t20-/m0/s1. The monoisotopic (exact) mass is 375 g/mol. The third-order valence-corrected chi connectivity index (χ3v) is 5.40. The van der Waals surface area contributed by atoms with Crippen molar-refractivity contribution in [3.63, 3.8) is 0 Å². The second kappa shape index (κ2) is 7.84. The second-order valence-electron chi connectivity index (χ2n) is 7.45. The Morgan fingerprint density at radius 2 is 1.89 bits per heavy atom. The Labute approximate surface area is 165 Å². The zero-order chi connectivity index (χ0) is 19.5. The van der Waals surface area contributed by atoms with E-state index in [0.29, 0.717) is 12.1 Å². The van der Waals surface area contributed by atoms with Gasteiger partial charge in [-0.1, -0.05) is 12.1 Å². The van der Waals surface area contributed by atoms with Gasteiger partial charge in [0.05, 0.1) is 0 Å². The lowest BCUT2D eigenvalue weighted by Crippen LogP contribution is -2.45. The van der Waals surface area contributed by atoms with E-state index in [0.717, 1.165) is 30.8 Å². The van der Waals surface area contributed by atoms with E-state index in [4.69, 9.17) is 0 Å². The van der Waals surface area contributed by atoms with Gasteiger partial charge in [-0.25, -0.2) is 0 Å². The van der Waals surface area contributed by atoms with Crippen LogP contribution >= 0.6 is 0 Å². The predicted octanol–water partition coefficient (Wildman–Crippen LogP) is 3.60. The van der Waals surface area contributed by atoms with Crippen molar-refractivity contribution >= 4 is 11.6 Å². The summed E-state index contributed by atoms with van der Waals surface area (Å²) in [6, 6.07) is 14.3. The molecule has 28 heavy (non-hydrogen) atoms. The molecule has 1 atom stereocenters. The van der Waals surface area contributed by atoms with Gasteiger partial charge in [0.15, 0.2) is 0 Å². The van der Waals surface area contributed by atoms with E-state index >= 15 is 0 Å². The van der Waals surface area contributed by atoms with Gasteiger partial charge >= 0.3 is 0 Å². The number of hydrogen-bond donors (Lipinski definition) is 1. The maximum absolute atomic E-state index is 13.1. The van der Waals surface area contributed by atoms with Crippen LogP contribution in [0.1, 0.15) is 34.3 Å². The molecule has 1 aromatic heterocycles. The number of hydrogen-bond acceptors (Lipinski definition) is 4. The number of rotatable bonds is 4. The molecule has 1 fully saturated rings. The fourth-order valence-corrected chi connectivity index (χ4v) is 3.66. The first-order valence-electron chi connectivity index (χ1n) is 9.68. The molecule has 1 amide bonds. The largest absolute Gasteiger partial charge is 0.381 e. The Morgan fingerprint density at radius 3 is 2.68 bits per heavy atom. The third-order valence-electron chi connectivity index (χ3n) is 5.40. The van der Waals surface area contributed by atoms with Gasteiger partial charge in [-0.15, -0.1) is 10.2 Å². The molecular weight excluding hydrogens is 350 g/mol. The first-order valence-corrected chi connectivity index (χ1v) is 9.68. The average Bonchev–Trinajstić information content (AvgIpc) is 3.25. The first-order chi connectivity index (χ1) is 13.6. The number of carbonyl (C=O) groups excluding carboxylic acids is 1. The molecule has 6 heteroatoms. The SMILES string of the molecule is Cc1ccc(N[C@H]2CCCN(C(=O)c3cccc(-n4cnnc4)c3)C2)cc1C. The molecule has 1 aliphatic rings. The smallest absolute Gasteiger partial charge is 0.253 e. The zero-order valence-electron chi connectivity index (χ0n) is 16.3. The molecule has 0 saturated carbocycles. The quantitative estimate of drug-likeness (QED) is 0.757. The number of nitrogens with one attached hydrogen (secondary N) is 1. The molecule has 1 saturated heterocycles. The summed E-state index contributed by atoms with van der Waals surface area (Å²) in [5.74, 6) is 0.0708. The fourth-order valence-electron chi connectivity index (χ4n) is 3.66. The van der Waals surface area contributed by atoms with E-state index in [1.54, 1.807) is 17.2 Å². The number of likely N-dealkylation sites (tertiary alicyclic amines) is 1. The van der Waals surface area contributed by atoms with E-state index < -0.39 is 0 Å². The van der Waals surface area contributed by atoms with E-state index in [1.807, 2.05) is 29.2 Å². The normalized spacial score (nSPS) is 16.8. The van der Waals surface area contributed by atoms with E-state index in [2.05, 4.69) is 47.6 Å². The Morgan fingerprint density at radius 1 is 1.07 bits per heavy atom. The Hall–Kier alpha value is -3.15. The van der Waals surface area contributed by atoms with Crippen molar-refractivity contribution in [3.8, 4) is 5.69 Å². The van der Waals surface area contributed by atoms with Crippen molar-refractivity contribution in [2.45, 2.75) is 32.7 Å². The minimum absolute atomic E-state index is 0.0708. The lowest BCUT2D eigenvalue weighted by Gasteiger charge is -2.34. The van der Waals surface area contributed by atoms with Crippen LogP contribution in [0.4, 0.5) is 5.69 Å². The van der Waals surface area contributed by atoms with Crippen LogP contribution in [0.15, 0.2) is 55.1 Å². The number of carbonyl (C=O) groups is 1. The van der Waals surface area contributed by atoms with Gasteiger partial charge in [-0.2, -0.15) is 0 Å². The molecule has 0 spiro atoms. The highest BCUT2D eigenvalue weighted by Gasteiger charge is 2.24. The highest BCUT2D eigenvalue weighted by molar-refractivity contribution is 5.94. The summed E-state index contributed by atoms with van der Waals surface area (Å²) >= 11 is 0. The number of benzene rings is 2. The van der Waals surface area contributed by atoms with Crippen LogP contribution in [0.2, 0.25) is 0 Å². The van der Waals surface area contributed by atoms with E-state index in [-0.39, 0.29) is 11.9 Å². The molecule has 0 unspecified atom stereocenters. The molecule has 4 rings (SSSR count). The minimum atomic E-state index is 0.0708. The van der Waals surface area contributed by atoms with Crippen LogP contribution in [-0.2, 0) is 0 Å². The third kappa shape index (κ3) is 3.91. The summed E-state index contributed by atoms with van der Waals surface area (Å²) in [5, 5.41) is 11.3. The molecule has 0 radical (unpaired) electrons. The summed E-state index contributed by atoms with van der Waals surface area (Å²) in [5.41, 5.74) is 5.27. The summed E-state index contributed by atoms with van der Waals surface area (Å²) in [6.07, 6.45) is 5.33. The average molecular weight is 375 g/mol. The minimum Gasteiger partial charge on any atom is -0.381 e. The molecule has 0 aliphatic carbocycles. The summed E-state index contributed by atoms with van der Waals surface area (Å²) in [4.78, 5) is 15.0. The van der Waals surface area contributed by atoms with Crippen LogP contribution in [0.25, 0.3) is 5.69 Å². The first kappa shape index (κ1) is 18.2.